The van der Waals surface area contributed by atoms with Gasteiger partial charge in [-0.1, -0.05) is 17.7 Å². The minimum atomic E-state index is -3.64. The van der Waals surface area contributed by atoms with Crippen LogP contribution >= 0.6 is 11.6 Å². The van der Waals surface area contributed by atoms with Crippen LogP contribution in [0.2, 0.25) is 5.02 Å². The average Bonchev–Trinajstić information content (AvgIpc) is 2.72. The van der Waals surface area contributed by atoms with Gasteiger partial charge in [-0.3, -0.25) is 14.5 Å². The minimum Gasteiger partial charge on any atom is -0.277 e. The third kappa shape index (κ3) is 2.43. The van der Waals surface area contributed by atoms with Gasteiger partial charge >= 0.3 is 0 Å². The van der Waals surface area contributed by atoms with E-state index in [1.807, 2.05) is 0 Å². The molecule has 3 rings (SSSR count). The van der Waals surface area contributed by atoms with Crippen molar-refractivity contribution < 1.29 is 18.0 Å². The number of imide groups is 1. The number of rotatable bonds is 3. The van der Waals surface area contributed by atoms with Crippen molar-refractivity contribution in [3.8, 4) is 0 Å². The van der Waals surface area contributed by atoms with Crippen LogP contribution in [-0.4, -0.2) is 48.6 Å². The monoisotopic (exact) mass is 342 g/mol. The van der Waals surface area contributed by atoms with Crippen LogP contribution in [0.5, 0.6) is 0 Å². The van der Waals surface area contributed by atoms with Crippen molar-refractivity contribution in [1.29, 1.82) is 0 Å². The van der Waals surface area contributed by atoms with Crippen LogP contribution in [0.4, 0.5) is 0 Å². The molecule has 0 atom stereocenters. The lowest BCUT2D eigenvalue weighted by molar-refractivity contribution is -0.143. The number of hydrogen-bond acceptors (Lipinski definition) is 4. The zero-order valence-corrected chi connectivity index (χ0v) is 13.5. The third-order valence-corrected chi connectivity index (χ3v) is 6.30. The highest BCUT2D eigenvalue weighted by molar-refractivity contribution is 7.89. The number of sulfonamides is 1. The molecule has 0 aliphatic carbocycles. The molecule has 118 valence electrons. The molecular formula is C14H15ClN2O4S. The number of nitrogens with zero attached hydrogens (tertiary/aromatic N) is 2. The van der Waals surface area contributed by atoms with Gasteiger partial charge in [0.1, 0.15) is 0 Å². The lowest BCUT2D eigenvalue weighted by atomic mass is 10.1. The second-order valence-electron chi connectivity index (χ2n) is 5.54. The predicted molar refractivity (Wildman–Crippen MR) is 79.8 cm³/mol. The zero-order chi connectivity index (χ0) is 16.1. The molecule has 2 aliphatic rings. The molecule has 2 aliphatic heterocycles. The Morgan fingerprint density at radius 2 is 1.73 bits per heavy atom. The van der Waals surface area contributed by atoms with Gasteiger partial charge in [-0.25, -0.2) is 8.42 Å². The summed E-state index contributed by atoms with van der Waals surface area (Å²) in [6.45, 7) is 2.08. The molecule has 0 bridgehead atoms. The van der Waals surface area contributed by atoms with Crippen molar-refractivity contribution in [3.05, 3.63) is 28.8 Å². The first-order chi connectivity index (χ1) is 10.3. The number of hydrogen-bond donors (Lipinski definition) is 0. The Kier molecular flexibility index (Phi) is 3.74. The van der Waals surface area contributed by atoms with Crippen LogP contribution in [0.25, 0.3) is 0 Å². The van der Waals surface area contributed by atoms with Gasteiger partial charge in [0.25, 0.3) is 0 Å². The van der Waals surface area contributed by atoms with Gasteiger partial charge in [-0.05, 0) is 24.6 Å². The maximum Gasteiger partial charge on any atom is 0.243 e. The molecule has 0 spiro atoms. The van der Waals surface area contributed by atoms with Crippen LogP contribution in [0.15, 0.2) is 23.1 Å². The molecule has 2 amide bonds. The van der Waals surface area contributed by atoms with E-state index in [1.165, 1.54) is 21.3 Å². The van der Waals surface area contributed by atoms with Crippen LogP contribution in [0.3, 0.4) is 0 Å². The summed E-state index contributed by atoms with van der Waals surface area (Å²) in [7, 11) is -3.64. The number of carbonyl (C=O) groups excluding carboxylic acids is 2. The number of aryl methyl sites for hydroxylation is 1. The molecular weight excluding hydrogens is 328 g/mol. The molecule has 0 radical (unpaired) electrons. The highest BCUT2D eigenvalue weighted by Gasteiger charge is 2.45. The van der Waals surface area contributed by atoms with Gasteiger partial charge in [0, 0.05) is 31.0 Å². The number of amides is 2. The topological polar surface area (TPSA) is 74.8 Å². The van der Waals surface area contributed by atoms with Gasteiger partial charge in [-0.2, -0.15) is 4.31 Å². The molecule has 8 heteroatoms. The molecule has 0 N–H and O–H groups in total. The molecule has 2 saturated heterocycles. The Hall–Kier alpha value is -1.44. The number of likely N-dealkylation sites (tertiary alicyclic amines) is 1. The lowest BCUT2D eigenvalue weighted by Gasteiger charge is -2.41. The summed E-state index contributed by atoms with van der Waals surface area (Å²) in [5.41, 5.74) is 0.801. The van der Waals surface area contributed by atoms with Gasteiger partial charge in [-0.15, -0.1) is 0 Å². The van der Waals surface area contributed by atoms with E-state index in [4.69, 9.17) is 11.6 Å². The molecule has 6 nitrogen and oxygen atoms in total. The Bertz CT molecular complexity index is 740. The lowest BCUT2D eigenvalue weighted by Crippen LogP contribution is -2.62. The zero-order valence-electron chi connectivity index (χ0n) is 12.0. The Morgan fingerprint density at radius 3 is 2.27 bits per heavy atom. The third-order valence-electron chi connectivity index (χ3n) is 4.07. The van der Waals surface area contributed by atoms with Crippen molar-refractivity contribution in [2.75, 3.05) is 13.1 Å². The van der Waals surface area contributed by atoms with Crippen molar-refractivity contribution in [3.63, 3.8) is 0 Å². The van der Waals surface area contributed by atoms with Gasteiger partial charge in [0.05, 0.1) is 10.9 Å². The summed E-state index contributed by atoms with van der Waals surface area (Å²) in [4.78, 5) is 24.6. The number of carbonyl (C=O) groups is 2. The summed E-state index contributed by atoms with van der Waals surface area (Å²) in [5, 5.41) is 0.392. The highest BCUT2D eigenvalue weighted by atomic mass is 35.5. The van der Waals surface area contributed by atoms with Gasteiger partial charge in [0.15, 0.2) is 0 Å². The summed E-state index contributed by atoms with van der Waals surface area (Å²) >= 11 is 5.98. The first-order valence-electron chi connectivity index (χ1n) is 6.92. The largest absolute Gasteiger partial charge is 0.277 e. The Labute approximate surface area is 133 Å². The fourth-order valence-electron chi connectivity index (χ4n) is 2.66. The smallest absolute Gasteiger partial charge is 0.243 e. The molecule has 1 aromatic carbocycles. The van der Waals surface area contributed by atoms with Crippen molar-refractivity contribution in [1.82, 2.24) is 9.21 Å². The predicted octanol–water partition coefficient (Wildman–Crippen LogP) is 1.17. The van der Waals surface area contributed by atoms with E-state index in [2.05, 4.69) is 0 Å². The molecule has 0 saturated carbocycles. The molecule has 22 heavy (non-hydrogen) atoms. The van der Waals surface area contributed by atoms with E-state index in [-0.39, 0.29) is 48.7 Å². The van der Waals surface area contributed by atoms with E-state index in [9.17, 15) is 18.0 Å². The Balaban J connectivity index is 1.75. The summed E-state index contributed by atoms with van der Waals surface area (Å²) in [6, 6.07) is 4.24. The highest BCUT2D eigenvalue weighted by Crippen LogP contribution is 2.29. The molecule has 0 aromatic heterocycles. The van der Waals surface area contributed by atoms with E-state index < -0.39 is 10.0 Å². The average molecular weight is 343 g/mol. The normalized spacial score (nSPS) is 20.5. The van der Waals surface area contributed by atoms with E-state index >= 15 is 0 Å². The number of halogens is 1. The van der Waals surface area contributed by atoms with Crippen LogP contribution in [0.1, 0.15) is 18.4 Å². The SMILES string of the molecule is Cc1ccc(S(=O)(=O)N2CC(N3C(=O)CCC3=O)C2)cc1Cl. The summed E-state index contributed by atoms with van der Waals surface area (Å²) in [5.74, 6) is -0.434. The summed E-state index contributed by atoms with van der Waals surface area (Å²) < 4.78 is 26.2. The maximum absolute atomic E-state index is 12.5. The summed E-state index contributed by atoms with van der Waals surface area (Å²) in [6.07, 6.45) is 0.436. The standard InChI is InChI=1S/C14H15ClN2O4S/c1-9-2-3-11(6-12(9)15)22(20,21)16-7-10(8-16)17-13(18)4-5-14(17)19/h2-3,6,10H,4-5,7-8H2,1H3. The van der Waals surface area contributed by atoms with E-state index in [1.54, 1.807) is 13.0 Å². The van der Waals surface area contributed by atoms with E-state index in [0.29, 0.717) is 5.02 Å². The van der Waals surface area contributed by atoms with Crippen LogP contribution in [0, 0.1) is 6.92 Å². The molecule has 1 aromatic rings. The maximum atomic E-state index is 12.5. The molecule has 2 heterocycles. The van der Waals surface area contributed by atoms with E-state index in [0.717, 1.165) is 5.56 Å². The Morgan fingerprint density at radius 1 is 1.14 bits per heavy atom. The van der Waals surface area contributed by atoms with Crippen molar-refractivity contribution in [2.24, 2.45) is 0 Å². The first-order valence-corrected chi connectivity index (χ1v) is 8.73. The fourth-order valence-corrected chi connectivity index (χ4v) is 4.45. The second-order valence-corrected chi connectivity index (χ2v) is 7.89. The quantitative estimate of drug-likeness (QED) is 0.773. The number of benzene rings is 1. The molecule has 2 fully saturated rings. The second kappa shape index (κ2) is 5.33. The minimum absolute atomic E-state index is 0.126. The molecule has 0 unspecified atom stereocenters. The van der Waals surface area contributed by atoms with Crippen LogP contribution < -0.4 is 0 Å². The van der Waals surface area contributed by atoms with Crippen molar-refractivity contribution in [2.45, 2.75) is 30.7 Å². The van der Waals surface area contributed by atoms with Gasteiger partial charge < -0.3 is 0 Å². The van der Waals surface area contributed by atoms with Crippen LogP contribution in [-0.2, 0) is 19.6 Å². The van der Waals surface area contributed by atoms with Crippen molar-refractivity contribution >= 4 is 33.4 Å². The van der Waals surface area contributed by atoms with Gasteiger partial charge in [0.2, 0.25) is 21.8 Å². The first kappa shape index (κ1) is 15.5. The fraction of sp³-hybridized carbons (Fsp3) is 0.429.